The molecule has 5 aromatic rings. The number of nitrogens with zero attached hydrogens (tertiary/aromatic N) is 5. The molecule has 6 nitrogen and oxygen atoms in total. The minimum Gasteiger partial charge on any atom is -0.310 e. The lowest BCUT2D eigenvalue weighted by molar-refractivity contribution is -0.138. The zero-order valence-corrected chi connectivity index (χ0v) is 23.2. The Labute approximate surface area is 257 Å². The van der Waals surface area contributed by atoms with Gasteiger partial charge in [-0.3, -0.25) is 0 Å². The Kier molecular flexibility index (Phi) is 6.42. The molecule has 0 aliphatic heterocycles. The number of hydrogen-bond acceptors (Lipinski definition) is 6. The van der Waals surface area contributed by atoms with Gasteiger partial charge in [-0.15, -0.1) is 0 Å². The Hall–Kier alpha value is -6.01. The molecule has 4 aromatic carbocycles. The molecule has 12 heteroatoms. The number of alkyl halides is 6. The average Bonchev–Trinajstić information content (AvgIpc) is 3.50. The topological polar surface area (TPSA) is 97.8 Å². The zero-order valence-electron chi connectivity index (χ0n) is 23.2. The minimum absolute atomic E-state index is 0.263. The standard InChI is InChI=1S/C34H16F6N6/c35-33(36,37)21-7-1-17(2-8-21)19-5-11-23-25(13-19)29-31(27(23)43-15-41)46-30-26-14-20(18-3-9-22(10-4-18)34(38,39)40)6-12-24(26)28(44-16-42)32(30)45-29/h1-14,27,43H/b44-28+. The van der Waals surface area contributed by atoms with E-state index in [9.17, 15) is 36.9 Å². The van der Waals surface area contributed by atoms with E-state index in [0.29, 0.717) is 67.3 Å². The van der Waals surface area contributed by atoms with E-state index in [1.54, 1.807) is 42.6 Å². The summed E-state index contributed by atoms with van der Waals surface area (Å²) in [6.45, 7) is 0. The van der Waals surface area contributed by atoms with Gasteiger partial charge in [-0.25, -0.2) is 9.97 Å². The summed E-state index contributed by atoms with van der Waals surface area (Å²) in [6.07, 6.45) is -5.20. The van der Waals surface area contributed by atoms with Crippen LogP contribution in [0.1, 0.15) is 39.7 Å². The van der Waals surface area contributed by atoms with E-state index in [-0.39, 0.29) is 5.71 Å². The number of halogens is 6. The number of benzene rings is 4. The second kappa shape index (κ2) is 10.3. The van der Waals surface area contributed by atoms with Crippen molar-refractivity contribution in [1.82, 2.24) is 15.3 Å². The van der Waals surface area contributed by atoms with Crippen molar-refractivity contribution in [3.8, 4) is 57.2 Å². The van der Waals surface area contributed by atoms with Crippen molar-refractivity contribution < 1.29 is 26.3 Å². The SMILES string of the molecule is N#C/N=C1\c2ccc(-c3ccc(C(F)(F)F)cc3)cc2-c2nc3c(nc21)-c1cc(-c2ccc(C(F)(F)F)cc2)ccc1C3NC#N. The van der Waals surface area contributed by atoms with Crippen molar-refractivity contribution in [3.63, 3.8) is 0 Å². The molecule has 0 saturated carbocycles. The summed E-state index contributed by atoms with van der Waals surface area (Å²) in [5, 5.41) is 21.8. The van der Waals surface area contributed by atoms with Gasteiger partial charge in [0.1, 0.15) is 17.4 Å². The maximum absolute atomic E-state index is 13.1. The summed E-state index contributed by atoms with van der Waals surface area (Å²) < 4.78 is 78.7. The van der Waals surface area contributed by atoms with Crippen molar-refractivity contribution in [1.29, 1.82) is 10.5 Å². The van der Waals surface area contributed by atoms with E-state index in [2.05, 4.69) is 10.3 Å². The Bertz CT molecular complexity index is 2170. The molecule has 0 radical (unpaired) electrons. The van der Waals surface area contributed by atoms with Crippen LogP contribution in [0.15, 0.2) is 89.9 Å². The lowest BCUT2D eigenvalue weighted by Gasteiger charge is -2.12. The number of nitrogens with one attached hydrogen (secondary N) is 1. The fourth-order valence-electron chi connectivity index (χ4n) is 5.87. The summed E-state index contributed by atoms with van der Waals surface area (Å²) in [5.41, 5.74) is 4.94. The molecule has 2 aliphatic rings. The number of rotatable bonds is 3. The normalized spacial score (nSPS) is 15.4. The van der Waals surface area contributed by atoms with E-state index in [4.69, 9.17) is 9.97 Å². The van der Waals surface area contributed by atoms with Gasteiger partial charge in [0.2, 0.25) is 6.19 Å². The van der Waals surface area contributed by atoms with Gasteiger partial charge in [0, 0.05) is 16.7 Å². The predicted octanol–water partition coefficient (Wildman–Crippen LogP) is 8.29. The number of fused-ring (bicyclic) bond motifs is 6. The second-order valence-electron chi connectivity index (χ2n) is 10.6. The summed E-state index contributed by atoms with van der Waals surface area (Å²) in [6, 6.07) is 19.2. The van der Waals surface area contributed by atoms with Crippen LogP contribution in [-0.2, 0) is 12.4 Å². The van der Waals surface area contributed by atoms with Gasteiger partial charge >= 0.3 is 12.4 Å². The molecule has 1 aromatic heterocycles. The fraction of sp³-hybridized carbons (Fsp3) is 0.0882. The van der Waals surface area contributed by atoms with Crippen LogP contribution in [0, 0.1) is 22.9 Å². The quantitative estimate of drug-likeness (QED) is 0.122. The number of hydrogen-bond donors (Lipinski definition) is 1. The van der Waals surface area contributed by atoms with Gasteiger partial charge in [0.25, 0.3) is 0 Å². The Morgan fingerprint density at radius 1 is 0.609 bits per heavy atom. The van der Waals surface area contributed by atoms with Crippen LogP contribution >= 0.6 is 0 Å². The van der Waals surface area contributed by atoms with Crippen molar-refractivity contribution in [2.45, 2.75) is 18.4 Å². The molecule has 46 heavy (non-hydrogen) atoms. The van der Waals surface area contributed by atoms with Crippen LogP contribution in [0.25, 0.3) is 44.8 Å². The third-order valence-electron chi connectivity index (χ3n) is 8.03. The first-order valence-electron chi connectivity index (χ1n) is 13.7. The predicted molar refractivity (Wildman–Crippen MR) is 156 cm³/mol. The first-order chi connectivity index (χ1) is 22.0. The van der Waals surface area contributed by atoms with E-state index in [1.165, 1.54) is 24.3 Å². The second-order valence-corrected chi connectivity index (χ2v) is 10.6. The fourth-order valence-corrected chi connectivity index (χ4v) is 5.87. The zero-order chi connectivity index (χ0) is 32.4. The highest BCUT2D eigenvalue weighted by Gasteiger charge is 2.38. The Balaban J connectivity index is 1.35. The smallest absolute Gasteiger partial charge is 0.310 e. The molecule has 7 rings (SSSR count). The van der Waals surface area contributed by atoms with Gasteiger partial charge in [0.15, 0.2) is 6.19 Å². The maximum atomic E-state index is 13.1. The van der Waals surface area contributed by atoms with E-state index < -0.39 is 29.5 Å². The first kappa shape index (κ1) is 28.7. The van der Waals surface area contributed by atoms with Crippen LogP contribution in [-0.4, -0.2) is 15.7 Å². The molecule has 2 aliphatic carbocycles. The first-order valence-corrected chi connectivity index (χ1v) is 13.7. The summed E-state index contributed by atoms with van der Waals surface area (Å²) in [5.74, 6) is 0. The molecule has 0 fully saturated rings. The highest BCUT2D eigenvalue weighted by molar-refractivity contribution is 6.23. The van der Waals surface area contributed by atoms with Crippen LogP contribution in [0.4, 0.5) is 26.3 Å². The molecule has 1 unspecified atom stereocenters. The lowest BCUT2D eigenvalue weighted by atomic mass is 9.98. The maximum Gasteiger partial charge on any atom is 0.416 e. The summed E-state index contributed by atoms with van der Waals surface area (Å²) >= 11 is 0. The molecular formula is C34H16F6N6. The molecule has 1 atom stereocenters. The van der Waals surface area contributed by atoms with Crippen molar-refractivity contribution in [2.75, 3.05) is 0 Å². The Morgan fingerprint density at radius 2 is 1.15 bits per heavy atom. The summed E-state index contributed by atoms with van der Waals surface area (Å²) in [4.78, 5) is 13.8. The van der Waals surface area contributed by atoms with Crippen molar-refractivity contribution >= 4 is 5.71 Å². The van der Waals surface area contributed by atoms with E-state index in [0.717, 1.165) is 24.3 Å². The molecule has 0 saturated heterocycles. The van der Waals surface area contributed by atoms with Gasteiger partial charge in [0.05, 0.1) is 28.2 Å². The van der Waals surface area contributed by atoms with Gasteiger partial charge in [-0.05, 0) is 64.2 Å². The monoisotopic (exact) mass is 622 g/mol. The van der Waals surface area contributed by atoms with Gasteiger partial charge in [-0.2, -0.15) is 41.9 Å². The van der Waals surface area contributed by atoms with Crippen LogP contribution < -0.4 is 5.32 Å². The molecule has 0 spiro atoms. The summed E-state index contributed by atoms with van der Waals surface area (Å²) in [7, 11) is 0. The van der Waals surface area contributed by atoms with E-state index >= 15 is 0 Å². The molecule has 1 heterocycles. The minimum atomic E-state index is -4.47. The third-order valence-corrected chi connectivity index (χ3v) is 8.03. The van der Waals surface area contributed by atoms with Crippen LogP contribution in [0.2, 0.25) is 0 Å². The van der Waals surface area contributed by atoms with Crippen molar-refractivity contribution in [2.24, 2.45) is 4.99 Å². The number of aliphatic imine (C=N–C) groups is 1. The third kappa shape index (κ3) is 4.63. The molecule has 224 valence electrons. The Morgan fingerprint density at radius 3 is 1.70 bits per heavy atom. The average molecular weight is 623 g/mol. The number of nitriles is 2. The highest BCUT2D eigenvalue weighted by atomic mass is 19.4. The van der Waals surface area contributed by atoms with Crippen molar-refractivity contribution in [3.05, 3.63) is 119 Å². The largest absolute Gasteiger partial charge is 0.416 e. The van der Waals surface area contributed by atoms with Gasteiger partial charge < -0.3 is 5.32 Å². The lowest BCUT2D eigenvalue weighted by Crippen LogP contribution is -2.16. The van der Waals surface area contributed by atoms with Gasteiger partial charge in [-0.1, -0.05) is 48.5 Å². The van der Waals surface area contributed by atoms with E-state index in [1.807, 2.05) is 6.19 Å². The molecular weight excluding hydrogens is 606 g/mol. The van der Waals surface area contributed by atoms with Crippen LogP contribution in [0.5, 0.6) is 0 Å². The molecule has 1 N–H and O–H groups in total. The highest BCUT2D eigenvalue weighted by Crippen LogP contribution is 2.47. The van der Waals surface area contributed by atoms with Crippen LogP contribution in [0.3, 0.4) is 0 Å². The molecule has 0 bridgehead atoms. The number of aromatic nitrogens is 2. The molecule has 0 amide bonds.